The molecule has 1 atom stereocenters. The summed E-state index contributed by atoms with van der Waals surface area (Å²) >= 11 is 0. The Balaban J connectivity index is 4.37. The van der Waals surface area contributed by atoms with Crippen molar-refractivity contribution in [2.24, 2.45) is 0 Å². The number of carbonyl (C=O) groups is 3. The summed E-state index contributed by atoms with van der Waals surface area (Å²) in [6.45, 7) is 6.54. The van der Waals surface area contributed by atoms with E-state index in [2.05, 4.69) is 57.2 Å². The van der Waals surface area contributed by atoms with Gasteiger partial charge in [-0.3, -0.25) is 14.4 Å². The van der Waals surface area contributed by atoms with Crippen LogP contribution >= 0.6 is 0 Å². The first kappa shape index (κ1) is 58.6. The molecule has 6 heteroatoms. The fraction of sp³-hybridized carbons (Fsp3) is 0.836. The highest BCUT2D eigenvalue weighted by atomic mass is 16.6. The molecule has 0 spiro atoms. The van der Waals surface area contributed by atoms with Crippen LogP contribution in [0, 0.1) is 0 Å². The van der Waals surface area contributed by atoms with Gasteiger partial charge in [-0.25, -0.2) is 0 Å². The molecule has 0 aliphatic carbocycles. The van der Waals surface area contributed by atoms with E-state index in [1.165, 1.54) is 141 Å². The van der Waals surface area contributed by atoms with Crippen LogP contribution in [0.2, 0.25) is 0 Å². The quantitative estimate of drug-likeness (QED) is 0.0262. The van der Waals surface area contributed by atoms with E-state index in [-0.39, 0.29) is 31.1 Å². The Labute approximate surface area is 378 Å². The van der Waals surface area contributed by atoms with Crippen molar-refractivity contribution in [1.29, 1.82) is 0 Å². The first-order valence-electron chi connectivity index (χ1n) is 26.5. The maximum atomic E-state index is 12.8. The van der Waals surface area contributed by atoms with Crippen molar-refractivity contribution in [3.8, 4) is 0 Å². The van der Waals surface area contributed by atoms with Crippen LogP contribution in [0.5, 0.6) is 0 Å². The molecule has 0 bridgehead atoms. The zero-order valence-electron chi connectivity index (χ0n) is 40.7. The normalized spacial score (nSPS) is 12.2. The molecule has 0 aromatic rings. The Bertz CT molecular complexity index is 1030. The van der Waals surface area contributed by atoms with Crippen molar-refractivity contribution in [2.75, 3.05) is 13.2 Å². The Hall–Kier alpha value is -2.37. The lowest BCUT2D eigenvalue weighted by Crippen LogP contribution is -2.30. The van der Waals surface area contributed by atoms with Crippen molar-refractivity contribution >= 4 is 17.9 Å². The third kappa shape index (κ3) is 48.5. The molecule has 0 saturated carbocycles. The molecule has 0 heterocycles. The van der Waals surface area contributed by atoms with E-state index in [0.29, 0.717) is 19.3 Å². The molecule has 6 nitrogen and oxygen atoms in total. The molecule has 0 aliphatic rings. The molecule has 356 valence electrons. The fourth-order valence-electron chi connectivity index (χ4n) is 7.69. The van der Waals surface area contributed by atoms with Gasteiger partial charge in [-0.2, -0.15) is 0 Å². The summed E-state index contributed by atoms with van der Waals surface area (Å²) in [4.78, 5) is 38.0. The summed E-state index contributed by atoms with van der Waals surface area (Å²) in [5.74, 6) is -0.877. The largest absolute Gasteiger partial charge is 0.462 e. The lowest BCUT2D eigenvalue weighted by atomic mass is 10.0. The predicted molar refractivity (Wildman–Crippen MR) is 261 cm³/mol. The molecule has 0 aromatic heterocycles. The van der Waals surface area contributed by atoms with E-state index in [1.807, 2.05) is 0 Å². The molecule has 0 amide bonds. The summed E-state index contributed by atoms with van der Waals surface area (Å²) in [6.07, 6.45) is 58.4. The van der Waals surface area contributed by atoms with E-state index >= 15 is 0 Å². The second-order valence-electron chi connectivity index (χ2n) is 17.8. The van der Waals surface area contributed by atoms with E-state index in [4.69, 9.17) is 14.2 Å². The average molecular weight is 857 g/mol. The number of unbranched alkanes of at least 4 members (excludes halogenated alkanes) is 31. The van der Waals surface area contributed by atoms with Crippen LogP contribution in [-0.2, 0) is 28.6 Å². The molecular formula is C55H100O6. The molecule has 0 saturated heterocycles. The van der Waals surface area contributed by atoms with E-state index < -0.39 is 6.10 Å². The number of rotatable bonds is 48. The van der Waals surface area contributed by atoms with Crippen molar-refractivity contribution in [3.05, 3.63) is 36.5 Å². The summed E-state index contributed by atoms with van der Waals surface area (Å²) in [5.41, 5.74) is 0. The maximum absolute atomic E-state index is 12.8. The first-order chi connectivity index (χ1) is 30.0. The maximum Gasteiger partial charge on any atom is 0.306 e. The summed E-state index contributed by atoms with van der Waals surface area (Å²) in [5, 5.41) is 0. The number of esters is 3. The fourth-order valence-corrected chi connectivity index (χ4v) is 7.69. The molecule has 0 unspecified atom stereocenters. The molecule has 0 aromatic carbocycles. The number of hydrogen-bond acceptors (Lipinski definition) is 6. The van der Waals surface area contributed by atoms with Gasteiger partial charge in [0.15, 0.2) is 6.10 Å². The van der Waals surface area contributed by atoms with Gasteiger partial charge < -0.3 is 14.2 Å². The van der Waals surface area contributed by atoms with Crippen LogP contribution in [0.3, 0.4) is 0 Å². The molecule has 0 rings (SSSR count). The van der Waals surface area contributed by atoms with Gasteiger partial charge in [0.05, 0.1) is 0 Å². The second-order valence-corrected chi connectivity index (χ2v) is 17.8. The van der Waals surface area contributed by atoms with Gasteiger partial charge in [-0.05, 0) is 51.4 Å². The summed E-state index contributed by atoms with van der Waals surface area (Å²) in [7, 11) is 0. The highest BCUT2D eigenvalue weighted by Gasteiger charge is 2.19. The molecule has 0 fully saturated rings. The van der Waals surface area contributed by atoms with E-state index in [1.54, 1.807) is 0 Å². The van der Waals surface area contributed by atoms with Gasteiger partial charge in [-0.1, -0.05) is 243 Å². The van der Waals surface area contributed by atoms with Gasteiger partial charge in [0.1, 0.15) is 13.2 Å². The van der Waals surface area contributed by atoms with Gasteiger partial charge in [0.25, 0.3) is 0 Å². The summed E-state index contributed by atoms with van der Waals surface area (Å²) < 4.78 is 16.8. The average Bonchev–Trinajstić information content (AvgIpc) is 3.26. The van der Waals surface area contributed by atoms with E-state index in [0.717, 1.165) is 96.3 Å². The SMILES string of the molecule is CC/C=C\C/C=C\C/C=C\CCCCCCCC(=O)OC[C@H](COC(=O)CCCCCCCCCCCCCCC)OC(=O)CCCCCCCCCCCCCCCCC. The lowest BCUT2D eigenvalue weighted by Gasteiger charge is -2.18. The molecule has 61 heavy (non-hydrogen) atoms. The van der Waals surface area contributed by atoms with Crippen LogP contribution in [0.25, 0.3) is 0 Å². The van der Waals surface area contributed by atoms with Gasteiger partial charge in [0, 0.05) is 19.3 Å². The Kier molecular flexibility index (Phi) is 48.3. The summed E-state index contributed by atoms with van der Waals surface area (Å²) in [6, 6.07) is 0. The number of hydrogen-bond donors (Lipinski definition) is 0. The Morgan fingerprint density at radius 3 is 1.00 bits per heavy atom. The van der Waals surface area contributed by atoms with Crippen LogP contribution in [-0.4, -0.2) is 37.2 Å². The predicted octanol–water partition coefficient (Wildman–Crippen LogP) is 17.3. The second kappa shape index (κ2) is 50.3. The van der Waals surface area contributed by atoms with Crippen molar-refractivity contribution in [2.45, 2.75) is 284 Å². The minimum absolute atomic E-state index is 0.0732. The van der Waals surface area contributed by atoms with Crippen molar-refractivity contribution < 1.29 is 28.6 Å². The molecule has 0 N–H and O–H groups in total. The van der Waals surface area contributed by atoms with Gasteiger partial charge in [0.2, 0.25) is 0 Å². The first-order valence-corrected chi connectivity index (χ1v) is 26.5. The number of ether oxygens (including phenoxy) is 3. The number of allylic oxidation sites excluding steroid dienone is 6. The van der Waals surface area contributed by atoms with Gasteiger partial charge >= 0.3 is 17.9 Å². The Morgan fingerprint density at radius 1 is 0.344 bits per heavy atom. The molecule has 0 aliphatic heterocycles. The van der Waals surface area contributed by atoms with Gasteiger partial charge in [-0.15, -0.1) is 0 Å². The highest BCUT2D eigenvalue weighted by molar-refractivity contribution is 5.71. The minimum Gasteiger partial charge on any atom is -0.462 e. The lowest BCUT2D eigenvalue weighted by molar-refractivity contribution is -0.167. The van der Waals surface area contributed by atoms with Crippen molar-refractivity contribution in [1.82, 2.24) is 0 Å². The van der Waals surface area contributed by atoms with Crippen molar-refractivity contribution in [3.63, 3.8) is 0 Å². The van der Waals surface area contributed by atoms with Crippen LogP contribution in [0.15, 0.2) is 36.5 Å². The minimum atomic E-state index is -0.773. The third-order valence-electron chi connectivity index (χ3n) is 11.7. The standard InChI is InChI=1S/C55H100O6/c1-4-7-10-13-16-19-22-25-27-30-33-36-39-42-45-48-54(57)60-51-52(50-59-53(56)47-44-41-38-35-32-29-24-21-18-15-12-9-6-3)61-55(58)49-46-43-40-37-34-31-28-26-23-20-17-14-11-8-5-2/h7,10,16,19,25,27,52H,4-6,8-9,11-15,17-18,20-24,26,28-51H2,1-3H3/b10-7-,19-16-,27-25-/t52-/m0/s1. The Morgan fingerprint density at radius 2 is 0.639 bits per heavy atom. The zero-order chi connectivity index (χ0) is 44.4. The van der Waals surface area contributed by atoms with Crippen LogP contribution < -0.4 is 0 Å². The monoisotopic (exact) mass is 857 g/mol. The molecule has 0 radical (unpaired) electrons. The third-order valence-corrected chi connectivity index (χ3v) is 11.7. The van der Waals surface area contributed by atoms with E-state index in [9.17, 15) is 14.4 Å². The number of carbonyl (C=O) groups excluding carboxylic acids is 3. The topological polar surface area (TPSA) is 78.9 Å². The van der Waals surface area contributed by atoms with Crippen LogP contribution in [0.1, 0.15) is 278 Å². The molecular weight excluding hydrogens is 757 g/mol. The van der Waals surface area contributed by atoms with Crippen LogP contribution in [0.4, 0.5) is 0 Å². The zero-order valence-corrected chi connectivity index (χ0v) is 40.7. The smallest absolute Gasteiger partial charge is 0.306 e. The highest BCUT2D eigenvalue weighted by Crippen LogP contribution is 2.16.